The quantitative estimate of drug-likeness (QED) is 0.846. The smallest absolute Gasteiger partial charge is 0.160 e. The lowest BCUT2D eigenvalue weighted by molar-refractivity contribution is 0.231. The largest absolute Gasteiger partial charge is 0.384 e. The molecule has 0 fully saturated rings. The fourth-order valence-electron chi connectivity index (χ4n) is 3.17. The van der Waals surface area contributed by atoms with Gasteiger partial charge in [-0.2, -0.15) is 5.10 Å². The standard InChI is InChI=1S/C16H22N8/c1-11-19-8-12(15(17)20-11)9-23-5-6-24-13(10-23)7-14(21-24)16-18-3-4-22(16)2/h3-4,7-8,11,19H,5-6,9-10H2,1-2H3,(H2,17,20). The molecule has 4 rings (SSSR count). The van der Waals surface area contributed by atoms with Gasteiger partial charge in [-0.25, -0.2) is 9.98 Å². The molecule has 2 aliphatic rings. The van der Waals surface area contributed by atoms with Crippen molar-refractivity contribution in [1.29, 1.82) is 0 Å². The minimum absolute atomic E-state index is 0.0527. The van der Waals surface area contributed by atoms with E-state index in [0.717, 1.165) is 43.3 Å². The van der Waals surface area contributed by atoms with Crippen LogP contribution in [0.2, 0.25) is 0 Å². The van der Waals surface area contributed by atoms with Crippen LogP contribution in [0.25, 0.3) is 11.5 Å². The summed E-state index contributed by atoms with van der Waals surface area (Å²) >= 11 is 0. The molecule has 24 heavy (non-hydrogen) atoms. The van der Waals surface area contributed by atoms with E-state index in [1.54, 1.807) is 6.20 Å². The van der Waals surface area contributed by atoms with E-state index in [1.807, 2.05) is 30.9 Å². The second-order valence-electron chi connectivity index (χ2n) is 6.34. The third-order valence-corrected chi connectivity index (χ3v) is 4.48. The van der Waals surface area contributed by atoms with E-state index in [9.17, 15) is 0 Å². The summed E-state index contributed by atoms with van der Waals surface area (Å²) in [6.45, 7) is 5.43. The first-order chi connectivity index (χ1) is 11.6. The molecule has 1 unspecified atom stereocenters. The third-order valence-electron chi connectivity index (χ3n) is 4.48. The number of hydrogen-bond acceptors (Lipinski definition) is 6. The Labute approximate surface area is 140 Å². The van der Waals surface area contributed by atoms with Crippen molar-refractivity contribution in [1.82, 2.24) is 29.5 Å². The highest BCUT2D eigenvalue weighted by Crippen LogP contribution is 2.21. The summed E-state index contributed by atoms with van der Waals surface area (Å²) in [5, 5.41) is 7.91. The van der Waals surface area contributed by atoms with E-state index in [0.29, 0.717) is 5.84 Å². The molecule has 2 aromatic heterocycles. The molecule has 2 aromatic rings. The molecule has 0 spiro atoms. The maximum absolute atomic E-state index is 6.05. The molecule has 0 radical (unpaired) electrons. The van der Waals surface area contributed by atoms with E-state index >= 15 is 0 Å². The van der Waals surface area contributed by atoms with Crippen molar-refractivity contribution in [2.45, 2.75) is 26.2 Å². The summed E-state index contributed by atoms with van der Waals surface area (Å²) in [5.74, 6) is 1.53. The molecule has 0 aliphatic carbocycles. The number of amidine groups is 1. The summed E-state index contributed by atoms with van der Waals surface area (Å²) in [5.41, 5.74) is 9.22. The lowest BCUT2D eigenvalue weighted by Gasteiger charge is -2.29. The van der Waals surface area contributed by atoms with Crippen molar-refractivity contribution in [3.8, 4) is 11.5 Å². The van der Waals surface area contributed by atoms with E-state index in [4.69, 9.17) is 10.8 Å². The zero-order chi connectivity index (χ0) is 16.7. The number of aliphatic imine (C=N–C) groups is 1. The van der Waals surface area contributed by atoms with Gasteiger partial charge < -0.3 is 15.6 Å². The Morgan fingerprint density at radius 2 is 2.25 bits per heavy atom. The molecule has 4 heterocycles. The number of imidazole rings is 1. The Bertz CT molecular complexity index is 812. The molecule has 0 saturated carbocycles. The number of fused-ring (bicyclic) bond motifs is 1. The highest BCUT2D eigenvalue weighted by molar-refractivity contribution is 5.97. The normalized spacial score (nSPS) is 21.0. The fraction of sp³-hybridized carbons (Fsp3) is 0.438. The Balaban J connectivity index is 1.49. The second kappa shape index (κ2) is 5.79. The van der Waals surface area contributed by atoms with Crippen molar-refractivity contribution < 1.29 is 0 Å². The average Bonchev–Trinajstić information content (AvgIpc) is 3.15. The molecule has 0 saturated heterocycles. The van der Waals surface area contributed by atoms with E-state index < -0.39 is 0 Å². The second-order valence-corrected chi connectivity index (χ2v) is 6.34. The summed E-state index contributed by atoms with van der Waals surface area (Å²) < 4.78 is 4.07. The first-order valence-corrected chi connectivity index (χ1v) is 8.15. The van der Waals surface area contributed by atoms with Gasteiger partial charge in [0.15, 0.2) is 5.82 Å². The van der Waals surface area contributed by atoms with Crippen LogP contribution in [0.3, 0.4) is 0 Å². The Kier molecular flexibility index (Phi) is 3.61. The van der Waals surface area contributed by atoms with Gasteiger partial charge in [-0.1, -0.05) is 0 Å². The highest BCUT2D eigenvalue weighted by atomic mass is 15.3. The van der Waals surface area contributed by atoms with Gasteiger partial charge in [0, 0.05) is 50.8 Å². The van der Waals surface area contributed by atoms with Crippen molar-refractivity contribution in [2.24, 2.45) is 17.8 Å². The summed E-state index contributed by atoms with van der Waals surface area (Å²) in [6.07, 6.45) is 5.77. The average molecular weight is 326 g/mol. The molecule has 0 aromatic carbocycles. The minimum Gasteiger partial charge on any atom is -0.384 e. The first-order valence-electron chi connectivity index (χ1n) is 8.15. The molecule has 126 valence electrons. The number of nitrogens with one attached hydrogen (secondary N) is 1. The number of nitrogens with zero attached hydrogens (tertiary/aromatic N) is 6. The van der Waals surface area contributed by atoms with Crippen LogP contribution < -0.4 is 11.1 Å². The Hall–Kier alpha value is -2.61. The van der Waals surface area contributed by atoms with Gasteiger partial charge in [-0.3, -0.25) is 9.58 Å². The predicted octanol–water partition coefficient (Wildman–Crippen LogP) is 0.290. The number of aryl methyl sites for hydroxylation is 1. The van der Waals surface area contributed by atoms with Crippen LogP contribution in [-0.4, -0.2) is 49.3 Å². The lowest BCUT2D eigenvalue weighted by Crippen LogP contribution is -2.39. The van der Waals surface area contributed by atoms with E-state index in [1.165, 1.54) is 5.69 Å². The first kappa shape index (κ1) is 14.9. The Morgan fingerprint density at radius 3 is 3.00 bits per heavy atom. The predicted molar refractivity (Wildman–Crippen MR) is 92.0 cm³/mol. The van der Waals surface area contributed by atoms with Crippen LogP contribution in [0.4, 0.5) is 0 Å². The highest BCUT2D eigenvalue weighted by Gasteiger charge is 2.22. The molecule has 8 heteroatoms. The molecule has 2 aliphatic heterocycles. The van der Waals surface area contributed by atoms with Crippen LogP contribution in [0.5, 0.6) is 0 Å². The monoisotopic (exact) mass is 326 g/mol. The van der Waals surface area contributed by atoms with Gasteiger partial charge in [0.1, 0.15) is 17.7 Å². The van der Waals surface area contributed by atoms with E-state index in [2.05, 4.69) is 30.9 Å². The molecular weight excluding hydrogens is 304 g/mol. The van der Waals surface area contributed by atoms with Gasteiger partial charge in [0.25, 0.3) is 0 Å². The lowest BCUT2D eigenvalue weighted by atomic mass is 10.2. The van der Waals surface area contributed by atoms with Gasteiger partial charge in [-0.15, -0.1) is 0 Å². The van der Waals surface area contributed by atoms with Crippen LogP contribution in [-0.2, 0) is 20.1 Å². The third kappa shape index (κ3) is 2.69. The number of hydrogen-bond donors (Lipinski definition) is 2. The fourth-order valence-corrected chi connectivity index (χ4v) is 3.17. The molecule has 0 amide bonds. The van der Waals surface area contributed by atoms with Gasteiger partial charge in [0.05, 0.1) is 12.2 Å². The Morgan fingerprint density at radius 1 is 1.38 bits per heavy atom. The van der Waals surface area contributed by atoms with E-state index in [-0.39, 0.29) is 6.17 Å². The van der Waals surface area contributed by atoms with Gasteiger partial charge in [-0.05, 0) is 13.0 Å². The van der Waals surface area contributed by atoms with Crippen LogP contribution in [0, 0.1) is 0 Å². The maximum Gasteiger partial charge on any atom is 0.160 e. The van der Waals surface area contributed by atoms with Crippen molar-refractivity contribution in [3.05, 3.63) is 35.9 Å². The topological polar surface area (TPSA) is 89.3 Å². The number of aromatic nitrogens is 4. The summed E-state index contributed by atoms with van der Waals surface area (Å²) in [7, 11) is 1.98. The zero-order valence-corrected chi connectivity index (χ0v) is 14.0. The summed E-state index contributed by atoms with van der Waals surface area (Å²) in [6, 6.07) is 2.13. The number of rotatable bonds is 3. The molecule has 1 atom stereocenters. The number of nitrogens with two attached hydrogens (primary N) is 1. The molecule has 0 bridgehead atoms. The minimum atomic E-state index is 0.0527. The van der Waals surface area contributed by atoms with Gasteiger partial charge in [0.2, 0.25) is 0 Å². The van der Waals surface area contributed by atoms with Crippen molar-refractivity contribution in [3.63, 3.8) is 0 Å². The zero-order valence-electron chi connectivity index (χ0n) is 14.0. The van der Waals surface area contributed by atoms with Gasteiger partial charge >= 0.3 is 0 Å². The maximum atomic E-state index is 6.05. The van der Waals surface area contributed by atoms with Crippen LogP contribution in [0.15, 0.2) is 35.2 Å². The molecule has 8 nitrogen and oxygen atoms in total. The van der Waals surface area contributed by atoms with Crippen LogP contribution >= 0.6 is 0 Å². The summed E-state index contributed by atoms with van der Waals surface area (Å²) in [4.78, 5) is 11.1. The SMILES string of the molecule is CC1N=C(N)C(CN2CCn3nc(-c4nccn4C)cc3C2)=CN1. The van der Waals surface area contributed by atoms with Crippen molar-refractivity contribution in [2.75, 3.05) is 13.1 Å². The van der Waals surface area contributed by atoms with Crippen LogP contribution in [0.1, 0.15) is 12.6 Å². The molecule has 3 N–H and O–H groups in total. The molecular formula is C16H22N8. The van der Waals surface area contributed by atoms with Crippen molar-refractivity contribution >= 4 is 5.84 Å².